The molecule has 1 aromatic rings. The summed E-state index contributed by atoms with van der Waals surface area (Å²) in [4.78, 5) is 26.2. The van der Waals surface area contributed by atoms with Crippen LogP contribution in [-0.2, 0) is 11.3 Å². The summed E-state index contributed by atoms with van der Waals surface area (Å²) < 4.78 is 0. The van der Waals surface area contributed by atoms with Crippen molar-refractivity contribution in [2.75, 3.05) is 13.1 Å². The van der Waals surface area contributed by atoms with E-state index in [9.17, 15) is 19.8 Å². The minimum absolute atomic E-state index is 0.157. The summed E-state index contributed by atoms with van der Waals surface area (Å²) in [5.41, 5.74) is 0.953. The second-order valence-corrected chi connectivity index (χ2v) is 7.56. The Morgan fingerprint density at radius 3 is 2.63 bits per heavy atom. The molecule has 2 amide bonds. The molecule has 0 aliphatic carbocycles. The van der Waals surface area contributed by atoms with Crippen molar-refractivity contribution in [1.29, 1.82) is 0 Å². The third kappa shape index (κ3) is 6.52. The van der Waals surface area contributed by atoms with Crippen molar-refractivity contribution < 1.29 is 19.8 Å². The molecule has 1 fully saturated rings. The molecule has 1 aliphatic rings. The van der Waals surface area contributed by atoms with Gasteiger partial charge in [0, 0.05) is 13.1 Å². The van der Waals surface area contributed by atoms with Gasteiger partial charge in [-0.1, -0.05) is 44.2 Å². The molecule has 1 saturated heterocycles. The summed E-state index contributed by atoms with van der Waals surface area (Å²) in [6.45, 7) is 5.47. The average Bonchev–Trinajstić information content (AvgIpc) is 2.83. The van der Waals surface area contributed by atoms with Crippen LogP contribution in [0.2, 0.25) is 0 Å². The zero-order chi connectivity index (χ0) is 19.8. The lowest BCUT2D eigenvalue weighted by Crippen LogP contribution is -2.55. The molecule has 0 spiro atoms. The second kappa shape index (κ2) is 10.3. The lowest BCUT2D eigenvalue weighted by Gasteiger charge is -2.36. The summed E-state index contributed by atoms with van der Waals surface area (Å²) in [6.07, 6.45) is 0.0362. The Morgan fingerprint density at radius 2 is 2.00 bits per heavy atom. The van der Waals surface area contributed by atoms with Gasteiger partial charge in [-0.25, -0.2) is 4.79 Å². The first-order valence-corrected chi connectivity index (χ1v) is 9.61. The Kier molecular flexibility index (Phi) is 8.06. The average molecular weight is 377 g/mol. The van der Waals surface area contributed by atoms with Gasteiger partial charge in [0.25, 0.3) is 0 Å². The van der Waals surface area contributed by atoms with Crippen LogP contribution in [0, 0.1) is 5.92 Å². The number of hydrogen-bond donors (Lipinski definition) is 4. The maximum atomic E-state index is 13.3. The number of aliphatic hydroxyl groups is 1. The van der Waals surface area contributed by atoms with Crippen LogP contribution in [0.15, 0.2) is 30.3 Å². The number of carbonyl (C=O) groups is 2. The molecule has 7 heteroatoms. The van der Waals surface area contributed by atoms with Crippen LogP contribution in [0.5, 0.6) is 0 Å². The first-order chi connectivity index (χ1) is 12.9. The summed E-state index contributed by atoms with van der Waals surface area (Å²) in [5, 5.41) is 25.3. The highest BCUT2D eigenvalue weighted by molar-refractivity contribution is 5.85. The largest absolute Gasteiger partial charge is 0.465 e. The molecule has 3 atom stereocenters. The number of carbonyl (C=O) groups excluding carboxylic acids is 1. The second-order valence-electron chi connectivity index (χ2n) is 7.56. The maximum Gasteiger partial charge on any atom is 0.405 e. The zero-order valence-corrected chi connectivity index (χ0v) is 16.1. The van der Waals surface area contributed by atoms with E-state index in [-0.39, 0.29) is 17.9 Å². The normalized spacial score (nSPS) is 21.3. The van der Waals surface area contributed by atoms with Crippen LogP contribution >= 0.6 is 0 Å². The van der Waals surface area contributed by atoms with Crippen LogP contribution in [0.3, 0.4) is 0 Å². The monoisotopic (exact) mass is 377 g/mol. The highest BCUT2D eigenvalue weighted by atomic mass is 16.4. The van der Waals surface area contributed by atoms with E-state index in [1.807, 2.05) is 44.2 Å². The molecule has 0 saturated carbocycles. The molecule has 27 heavy (non-hydrogen) atoms. The van der Waals surface area contributed by atoms with Gasteiger partial charge in [-0.3, -0.25) is 4.79 Å². The van der Waals surface area contributed by atoms with E-state index in [4.69, 9.17) is 0 Å². The van der Waals surface area contributed by atoms with Gasteiger partial charge < -0.3 is 25.7 Å². The Balaban J connectivity index is 2.30. The van der Waals surface area contributed by atoms with Gasteiger partial charge in [0.1, 0.15) is 6.04 Å². The van der Waals surface area contributed by atoms with Gasteiger partial charge in [-0.05, 0) is 37.3 Å². The molecule has 150 valence electrons. The SMILES string of the molecule is CC(C)C[C@H](NC(=O)O)C(=O)N(Cc1ccccc1)C1CCCNCC1O. The number of carboxylic acid groups (broad SMARTS) is 1. The lowest BCUT2D eigenvalue weighted by molar-refractivity contribution is -0.139. The molecule has 0 radical (unpaired) electrons. The molecule has 4 N–H and O–H groups in total. The fourth-order valence-corrected chi connectivity index (χ4v) is 3.56. The minimum Gasteiger partial charge on any atom is -0.465 e. The number of nitrogens with zero attached hydrogens (tertiary/aromatic N) is 1. The number of hydrogen-bond acceptors (Lipinski definition) is 4. The van der Waals surface area contributed by atoms with Gasteiger partial charge in [0.2, 0.25) is 5.91 Å². The van der Waals surface area contributed by atoms with Crippen molar-refractivity contribution in [3.05, 3.63) is 35.9 Å². The van der Waals surface area contributed by atoms with E-state index >= 15 is 0 Å². The number of benzene rings is 1. The molecular formula is C20H31N3O4. The van der Waals surface area contributed by atoms with Gasteiger partial charge in [-0.2, -0.15) is 0 Å². The molecule has 1 heterocycles. The first kappa shape index (κ1) is 21.2. The van der Waals surface area contributed by atoms with Crippen LogP contribution in [0.4, 0.5) is 4.79 Å². The quantitative estimate of drug-likeness (QED) is 0.580. The molecule has 2 rings (SSSR count). The number of amides is 2. The van der Waals surface area contributed by atoms with Gasteiger partial charge in [-0.15, -0.1) is 0 Å². The van der Waals surface area contributed by atoms with E-state index < -0.39 is 18.2 Å². The van der Waals surface area contributed by atoms with Crippen LogP contribution in [-0.4, -0.2) is 58.4 Å². The smallest absolute Gasteiger partial charge is 0.405 e. The fraction of sp³-hybridized carbons (Fsp3) is 0.600. The van der Waals surface area contributed by atoms with Gasteiger partial charge >= 0.3 is 6.09 Å². The van der Waals surface area contributed by atoms with E-state index in [1.54, 1.807) is 4.90 Å². The van der Waals surface area contributed by atoms with Crippen molar-refractivity contribution in [2.45, 2.75) is 57.8 Å². The van der Waals surface area contributed by atoms with Gasteiger partial charge in [0.15, 0.2) is 0 Å². The number of nitrogens with one attached hydrogen (secondary N) is 2. The molecule has 0 bridgehead atoms. The number of aliphatic hydroxyl groups excluding tert-OH is 1. The molecule has 1 aromatic carbocycles. The molecule has 0 aromatic heterocycles. The standard InChI is InChI=1S/C20H31N3O4/c1-14(2)11-16(22-20(26)27)19(25)23(13-15-7-4-3-5-8-15)17-9-6-10-21-12-18(17)24/h3-5,7-8,14,16-18,21-22,24H,6,9-13H2,1-2H3,(H,26,27)/t16-,17?,18?/m0/s1. The van der Waals surface area contributed by atoms with Crippen LogP contribution in [0.25, 0.3) is 0 Å². The van der Waals surface area contributed by atoms with Crippen molar-refractivity contribution >= 4 is 12.0 Å². The summed E-state index contributed by atoms with van der Waals surface area (Å²) in [5.74, 6) is -0.119. The van der Waals surface area contributed by atoms with Crippen molar-refractivity contribution in [3.8, 4) is 0 Å². The van der Waals surface area contributed by atoms with Crippen LogP contribution < -0.4 is 10.6 Å². The Hall–Kier alpha value is -2.12. The Morgan fingerprint density at radius 1 is 1.30 bits per heavy atom. The van der Waals surface area contributed by atoms with Crippen molar-refractivity contribution in [3.63, 3.8) is 0 Å². The Bertz CT molecular complexity index is 609. The first-order valence-electron chi connectivity index (χ1n) is 9.61. The van der Waals surface area contributed by atoms with Crippen molar-refractivity contribution in [2.24, 2.45) is 5.92 Å². The van der Waals surface area contributed by atoms with Crippen molar-refractivity contribution in [1.82, 2.24) is 15.5 Å². The van der Waals surface area contributed by atoms with E-state index in [0.29, 0.717) is 25.9 Å². The van der Waals surface area contributed by atoms with E-state index in [0.717, 1.165) is 18.5 Å². The number of rotatable bonds is 7. The highest BCUT2D eigenvalue weighted by Crippen LogP contribution is 2.20. The Labute approximate surface area is 160 Å². The fourth-order valence-electron chi connectivity index (χ4n) is 3.56. The summed E-state index contributed by atoms with van der Waals surface area (Å²) >= 11 is 0. The summed E-state index contributed by atoms with van der Waals surface area (Å²) in [7, 11) is 0. The summed E-state index contributed by atoms with van der Waals surface area (Å²) in [6, 6.07) is 8.42. The zero-order valence-electron chi connectivity index (χ0n) is 16.1. The van der Waals surface area contributed by atoms with E-state index in [2.05, 4.69) is 10.6 Å². The third-order valence-electron chi connectivity index (χ3n) is 4.83. The van der Waals surface area contributed by atoms with Crippen LogP contribution in [0.1, 0.15) is 38.7 Å². The molecule has 2 unspecified atom stereocenters. The van der Waals surface area contributed by atoms with E-state index in [1.165, 1.54) is 0 Å². The highest BCUT2D eigenvalue weighted by Gasteiger charge is 2.35. The molecule has 1 aliphatic heterocycles. The number of β-amino-alcohol motifs (C(OH)–C–C–N with tert-alkyl or cyclic N) is 1. The predicted octanol–water partition coefficient (Wildman–Crippen LogP) is 1.81. The predicted molar refractivity (Wildman–Crippen MR) is 103 cm³/mol. The minimum atomic E-state index is -1.21. The molecule has 7 nitrogen and oxygen atoms in total. The molecular weight excluding hydrogens is 346 g/mol. The third-order valence-corrected chi connectivity index (χ3v) is 4.83. The maximum absolute atomic E-state index is 13.3. The topological polar surface area (TPSA) is 102 Å². The lowest BCUT2D eigenvalue weighted by atomic mass is 9.98. The van der Waals surface area contributed by atoms with Gasteiger partial charge in [0.05, 0.1) is 12.1 Å².